The van der Waals surface area contributed by atoms with E-state index in [1.807, 2.05) is 42.5 Å². The van der Waals surface area contributed by atoms with Gasteiger partial charge in [0, 0.05) is 44.3 Å². The summed E-state index contributed by atoms with van der Waals surface area (Å²) in [6.07, 6.45) is 1.07. The molecule has 0 amide bonds. The fourth-order valence-electron chi connectivity index (χ4n) is 3.03. The first-order chi connectivity index (χ1) is 11.8. The van der Waals surface area contributed by atoms with Crippen molar-refractivity contribution in [1.82, 2.24) is 9.80 Å². The maximum absolute atomic E-state index is 6.05. The molecule has 3 rings (SSSR count). The van der Waals surface area contributed by atoms with Crippen LogP contribution in [0.15, 0.2) is 54.6 Å². The average Bonchev–Trinajstić information content (AvgIpc) is 2.62. The smallest absolute Gasteiger partial charge is 0.119 e. The van der Waals surface area contributed by atoms with Gasteiger partial charge in [0.15, 0.2) is 0 Å². The lowest BCUT2D eigenvalue weighted by molar-refractivity contribution is 0.118. The van der Waals surface area contributed by atoms with Crippen LogP contribution in [0, 0.1) is 0 Å². The summed E-state index contributed by atoms with van der Waals surface area (Å²) in [5.74, 6) is 0.956. The van der Waals surface area contributed by atoms with Crippen molar-refractivity contribution in [2.45, 2.75) is 6.42 Å². The Bertz CT molecular complexity index is 612. The highest BCUT2D eigenvalue weighted by Crippen LogP contribution is 2.12. The molecule has 128 valence electrons. The van der Waals surface area contributed by atoms with Crippen LogP contribution in [0.5, 0.6) is 5.75 Å². The molecule has 24 heavy (non-hydrogen) atoms. The second-order valence-corrected chi connectivity index (χ2v) is 6.66. The Kier molecular flexibility index (Phi) is 6.53. The number of ether oxygens (including phenoxy) is 1. The molecule has 2 aromatic rings. The van der Waals surface area contributed by atoms with Crippen LogP contribution in [0.4, 0.5) is 0 Å². The molecule has 0 atom stereocenters. The monoisotopic (exact) mass is 344 g/mol. The molecule has 0 radical (unpaired) electrons. The topological polar surface area (TPSA) is 15.7 Å². The van der Waals surface area contributed by atoms with Gasteiger partial charge in [-0.1, -0.05) is 41.9 Å². The van der Waals surface area contributed by atoms with Gasteiger partial charge in [-0.2, -0.15) is 0 Å². The van der Waals surface area contributed by atoms with Crippen LogP contribution in [0.3, 0.4) is 0 Å². The minimum Gasteiger partial charge on any atom is -0.492 e. The predicted octanol–water partition coefficient (Wildman–Crippen LogP) is 3.58. The Morgan fingerprint density at radius 3 is 2.25 bits per heavy atom. The highest BCUT2D eigenvalue weighted by molar-refractivity contribution is 6.30. The van der Waals surface area contributed by atoms with E-state index in [2.05, 4.69) is 21.9 Å². The van der Waals surface area contributed by atoms with Gasteiger partial charge in [-0.15, -0.1) is 0 Å². The molecule has 1 aliphatic heterocycles. The molecule has 2 aromatic carbocycles. The van der Waals surface area contributed by atoms with Crippen LogP contribution in [0.25, 0.3) is 0 Å². The normalized spacial score (nSPS) is 16.2. The summed E-state index contributed by atoms with van der Waals surface area (Å²) >= 11 is 6.05. The maximum atomic E-state index is 6.05. The Labute approximate surface area is 149 Å². The number of halogens is 1. The molecule has 0 N–H and O–H groups in total. The molecule has 0 spiro atoms. The zero-order valence-corrected chi connectivity index (χ0v) is 14.8. The van der Waals surface area contributed by atoms with Gasteiger partial charge in [0.05, 0.1) is 0 Å². The molecule has 0 aliphatic carbocycles. The molecule has 0 aromatic heterocycles. The fraction of sp³-hybridized carbons (Fsp3) is 0.400. The zero-order chi connectivity index (χ0) is 16.6. The molecular weight excluding hydrogens is 320 g/mol. The standard InChI is InChI=1S/C20H25ClN2O/c21-19-6-4-5-18(17-19)9-10-22-11-13-23(14-12-22)15-16-24-20-7-2-1-3-8-20/h1-8,17H,9-16H2. The van der Waals surface area contributed by atoms with Crippen molar-refractivity contribution in [3.05, 3.63) is 65.2 Å². The molecule has 1 fully saturated rings. The fourth-order valence-corrected chi connectivity index (χ4v) is 3.24. The summed E-state index contributed by atoms with van der Waals surface area (Å²) in [6.45, 7) is 7.36. The van der Waals surface area contributed by atoms with Crippen molar-refractivity contribution in [2.24, 2.45) is 0 Å². The van der Waals surface area contributed by atoms with Crippen molar-refractivity contribution in [3.63, 3.8) is 0 Å². The van der Waals surface area contributed by atoms with Crippen LogP contribution in [0.1, 0.15) is 5.56 Å². The van der Waals surface area contributed by atoms with Crippen molar-refractivity contribution < 1.29 is 4.74 Å². The van der Waals surface area contributed by atoms with Gasteiger partial charge in [0.1, 0.15) is 12.4 Å². The summed E-state index contributed by atoms with van der Waals surface area (Å²) in [7, 11) is 0. The number of nitrogens with zero attached hydrogens (tertiary/aromatic N) is 2. The largest absolute Gasteiger partial charge is 0.492 e. The number of benzene rings is 2. The first kappa shape index (κ1) is 17.3. The van der Waals surface area contributed by atoms with E-state index in [4.69, 9.17) is 16.3 Å². The number of para-hydroxylation sites is 1. The molecule has 0 bridgehead atoms. The third-order valence-corrected chi connectivity index (χ3v) is 4.73. The van der Waals surface area contributed by atoms with E-state index in [0.717, 1.165) is 63.1 Å². The first-order valence-electron chi connectivity index (χ1n) is 8.66. The van der Waals surface area contributed by atoms with E-state index in [1.165, 1.54) is 5.56 Å². The third-order valence-electron chi connectivity index (χ3n) is 4.49. The summed E-state index contributed by atoms with van der Waals surface area (Å²) in [5.41, 5.74) is 1.32. The molecule has 1 aliphatic rings. The summed E-state index contributed by atoms with van der Waals surface area (Å²) in [5, 5.41) is 0.829. The second-order valence-electron chi connectivity index (χ2n) is 6.22. The predicted molar refractivity (Wildman–Crippen MR) is 100.0 cm³/mol. The molecule has 4 heteroatoms. The quantitative estimate of drug-likeness (QED) is 0.763. The Hall–Kier alpha value is -1.55. The lowest BCUT2D eigenvalue weighted by atomic mass is 10.1. The van der Waals surface area contributed by atoms with Crippen LogP contribution in [0.2, 0.25) is 5.02 Å². The number of piperazine rings is 1. The van der Waals surface area contributed by atoms with E-state index in [-0.39, 0.29) is 0 Å². The summed E-state index contributed by atoms with van der Waals surface area (Å²) in [6, 6.07) is 18.2. The minimum atomic E-state index is 0.756. The number of hydrogen-bond acceptors (Lipinski definition) is 3. The van der Waals surface area contributed by atoms with Crippen molar-refractivity contribution >= 4 is 11.6 Å². The van der Waals surface area contributed by atoms with Gasteiger partial charge in [0.25, 0.3) is 0 Å². The molecule has 0 unspecified atom stereocenters. The number of rotatable bonds is 7. The molecule has 3 nitrogen and oxygen atoms in total. The highest BCUT2D eigenvalue weighted by atomic mass is 35.5. The van der Waals surface area contributed by atoms with Crippen LogP contribution in [-0.4, -0.2) is 55.7 Å². The maximum Gasteiger partial charge on any atom is 0.119 e. The zero-order valence-electron chi connectivity index (χ0n) is 14.0. The number of hydrogen-bond donors (Lipinski definition) is 0. The average molecular weight is 345 g/mol. The van der Waals surface area contributed by atoms with Crippen LogP contribution >= 0.6 is 11.6 Å². The van der Waals surface area contributed by atoms with E-state index in [0.29, 0.717) is 0 Å². The van der Waals surface area contributed by atoms with Gasteiger partial charge in [-0.25, -0.2) is 0 Å². The lowest BCUT2D eigenvalue weighted by Gasteiger charge is -2.34. The first-order valence-corrected chi connectivity index (χ1v) is 9.04. The SMILES string of the molecule is Clc1cccc(CCN2CCN(CCOc3ccccc3)CC2)c1. The van der Waals surface area contributed by atoms with Crippen molar-refractivity contribution in [2.75, 3.05) is 45.9 Å². The third kappa shape index (κ3) is 5.52. The van der Waals surface area contributed by atoms with E-state index in [9.17, 15) is 0 Å². The van der Waals surface area contributed by atoms with Gasteiger partial charge < -0.3 is 9.64 Å². The van der Waals surface area contributed by atoms with Gasteiger partial charge in [0.2, 0.25) is 0 Å². The molecular formula is C20H25ClN2O. The molecule has 1 saturated heterocycles. The summed E-state index contributed by atoms with van der Waals surface area (Å²) in [4.78, 5) is 5.02. The second kappa shape index (κ2) is 9.07. The Morgan fingerprint density at radius 2 is 1.54 bits per heavy atom. The van der Waals surface area contributed by atoms with Crippen LogP contribution < -0.4 is 4.74 Å². The van der Waals surface area contributed by atoms with E-state index >= 15 is 0 Å². The lowest BCUT2D eigenvalue weighted by Crippen LogP contribution is -2.47. The molecule has 0 saturated carbocycles. The highest BCUT2D eigenvalue weighted by Gasteiger charge is 2.16. The Morgan fingerprint density at radius 1 is 0.833 bits per heavy atom. The summed E-state index contributed by atoms with van der Waals surface area (Å²) < 4.78 is 5.78. The van der Waals surface area contributed by atoms with Gasteiger partial charge in [-0.05, 0) is 36.2 Å². The van der Waals surface area contributed by atoms with Gasteiger partial charge in [-0.3, -0.25) is 4.90 Å². The van der Waals surface area contributed by atoms with E-state index in [1.54, 1.807) is 0 Å². The van der Waals surface area contributed by atoms with Gasteiger partial charge >= 0.3 is 0 Å². The van der Waals surface area contributed by atoms with Crippen molar-refractivity contribution in [1.29, 1.82) is 0 Å². The van der Waals surface area contributed by atoms with Crippen LogP contribution in [-0.2, 0) is 6.42 Å². The van der Waals surface area contributed by atoms with Crippen molar-refractivity contribution in [3.8, 4) is 5.75 Å². The van der Waals surface area contributed by atoms with E-state index < -0.39 is 0 Å². The Balaban J connectivity index is 1.32. The minimum absolute atomic E-state index is 0.756. The molecule has 1 heterocycles.